The number of sulfonamides is 1. The van der Waals surface area contributed by atoms with E-state index in [1.807, 2.05) is 0 Å². The Labute approximate surface area is 122 Å². The maximum absolute atomic E-state index is 12.5. The van der Waals surface area contributed by atoms with Gasteiger partial charge in [0.15, 0.2) is 0 Å². The molecule has 2 amide bonds. The first kappa shape index (κ1) is 15.3. The van der Waals surface area contributed by atoms with Crippen molar-refractivity contribution < 1.29 is 18.0 Å². The van der Waals surface area contributed by atoms with Gasteiger partial charge in [-0.3, -0.25) is 9.59 Å². The summed E-state index contributed by atoms with van der Waals surface area (Å²) in [7, 11) is -3.90. The molecule has 0 spiro atoms. The average Bonchev–Trinajstić information content (AvgIpc) is 2.63. The normalized spacial score (nSPS) is 17.0. The minimum absolute atomic E-state index is 0.0732. The molecule has 9 heteroatoms. The van der Waals surface area contributed by atoms with E-state index in [1.54, 1.807) is 0 Å². The molecule has 0 atom stereocenters. The zero-order valence-corrected chi connectivity index (χ0v) is 12.0. The molecule has 114 valence electrons. The van der Waals surface area contributed by atoms with Gasteiger partial charge in [0.25, 0.3) is 0 Å². The van der Waals surface area contributed by atoms with Crippen LogP contribution in [0.2, 0.25) is 0 Å². The predicted octanol–water partition coefficient (Wildman–Crippen LogP) is -1.12. The highest BCUT2D eigenvalue weighted by atomic mass is 32.2. The summed E-state index contributed by atoms with van der Waals surface area (Å²) in [5.41, 5.74) is 10.9. The lowest BCUT2D eigenvalue weighted by Gasteiger charge is -2.20. The van der Waals surface area contributed by atoms with Crippen LogP contribution in [0.15, 0.2) is 23.1 Å². The quantitative estimate of drug-likeness (QED) is 0.607. The molecule has 1 aliphatic heterocycles. The van der Waals surface area contributed by atoms with Crippen molar-refractivity contribution in [2.75, 3.05) is 25.4 Å². The topological polar surface area (TPSA) is 136 Å². The van der Waals surface area contributed by atoms with E-state index in [2.05, 4.69) is 5.32 Å². The molecule has 1 aliphatic rings. The molecule has 1 aromatic rings. The van der Waals surface area contributed by atoms with E-state index in [0.29, 0.717) is 13.0 Å². The molecule has 0 radical (unpaired) electrons. The fourth-order valence-electron chi connectivity index (χ4n) is 2.06. The smallest absolute Gasteiger partial charge is 0.248 e. The van der Waals surface area contributed by atoms with Crippen molar-refractivity contribution in [1.29, 1.82) is 0 Å². The molecule has 1 heterocycles. The second-order valence-corrected chi connectivity index (χ2v) is 6.57. The van der Waals surface area contributed by atoms with Crippen LogP contribution in [0.4, 0.5) is 5.69 Å². The number of primary amides is 1. The van der Waals surface area contributed by atoms with E-state index in [1.165, 1.54) is 18.2 Å². The zero-order chi connectivity index (χ0) is 15.6. The van der Waals surface area contributed by atoms with Crippen LogP contribution in [0.25, 0.3) is 0 Å². The van der Waals surface area contributed by atoms with Crippen LogP contribution < -0.4 is 16.8 Å². The monoisotopic (exact) mass is 312 g/mol. The second kappa shape index (κ2) is 5.70. The molecule has 0 unspecified atom stereocenters. The summed E-state index contributed by atoms with van der Waals surface area (Å²) in [5.74, 6) is -1.05. The summed E-state index contributed by atoms with van der Waals surface area (Å²) >= 11 is 0. The van der Waals surface area contributed by atoms with Gasteiger partial charge in [-0.15, -0.1) is 0 Å². The molecule has 0 bridgehead atoms. The van der Waals surface area contributed by atoms with Gasteiger partial charge in [-0.1, -0.05) is 0 Å². The second-order valence-electron chi connectivity index (χ2n) is 4.66. The third kappa shape index (κ3) is 3.14. The van der Waals surface area contributed by atoms with Gasteiger partial charge in [0.2, 0.25) is 21.8 Å². The number of carbonyl (C=O) groups excluding carboxylic acids is 2. The molecule has 1 aromatic carbocycles. The van der Waals surface area contributed by atoms with Crippen molar-refractivity contribution in [2.24, 2.45) is 5.73 Å². The molecule has 1 saturated heterocycles. The maximum Gasteiger partial charge on any atom is 0.248 e. The number of nitrogens with one attached hydrogen (secondary N) is 1. The van der Waals surface area contributed by atoms with Crippen LogP contribution >= 0.6 is 0 Å². The van der Waals surface area contributed by atoms with Gasteiger partial charge in [0, 0.05) is 18.7 Å². The highest BCUT2D eigenvalue weighted by Crippen LogP contribution is 2.24. The highest BCUT2D eigenvalue weighted by Gasteiger charge is 2.29. The number of rotatable bonds is 3. The van der Waals surface area contributed by atoms with E-state index in [9.17, 15) is 18.0 Å². The first-order valence-corrected chi connectivity index (χ1v) is 7.72. The van der Waals surface area contributed by atoms with Gasteiger partial charge >= 0.3 is 0 Å². The molecule has 8 nitrogen and oxygen atoms in total. The van der Waals surface area contributed by atoms with Crippen molar-refractivity contribution in [2.45, 2.75) is 11.3 Å². The molecule has 0 aliphatic carbocycles. The van der Waals surface area contributed by atoms with Gasteiger partial charge in [0.1, 0.15) is 4.90 Å². The Morgan fingerprint density at radius 2 is 2.05 bits per heavy atom. The lowest BCUT2D eigenvalue weighted by Crippen LogP contribution is -2.37. The van der Waals surface area contributed by atoms with Crippen LogP contribution in [-0.2, 0) is 14.8 Å². The third-order valence-electron chi connectivity index (χ3n) is 3.14. The van der Waals surface area contributed by atoms with Crippen LogP contribution in [0.3, 0.4) is 0 Å². The standard InChI is InChI=1S/C12H16N4O4S/c13-9-6-8(12(14)18)2-3-10(9)21(19,20)16-5-1-4-15-11(17)7-16/h2-3,6H,1,4-5,7,13H2,(H2,14,18)(H,15,17). The van der Waals surface area contributed by atoms with Crippen molar-refractivity contribution in [3.8, 4) is 0 Å². The number of hydrogen-bond donors (Lipinski definition) is 3. The van der Waals surface area contributed by atoms with Crippen molar-refractivity contribution in [3.63, 3.8) is 0 Å². The van der Waals surface area contributed by atoms with Gasteiger partial charge in [-0.05, 0) is 24.6 Å². The summed E-state index contributed by atoms with van der Waals surface area (Å²) in [6.07, 6.45) is 0.518. The fraction of sp³-hybridized carbons (Fsp3) is 0.333. The van der Waals surface area contributed by atoms with Crippen LogP contribution in [-0.4, -0.2) is 44.2 Å². The average molecular weight is 312 g/mol. The maximum atomic E-state index is 12.5. The molecule has 0 saturated carbocycles. The van der Waals surface area contributed by atoms with Crippen LogP contribution in [0.5, 0.6) is 0 Å². The number of nitrogen functional groups attached to an aromatic ring is 1. The van der Waals surface area contributed by atoms with E-state index < -0.39 is 15.9 Å². The predicted molar refractivity (Wildman–Crippen MR) is 75.8 cm³/mol. The molecule has 21 heavy (non-hydrogen) atoms. The Morgan fingerprint density at radius 1 is 1.33 bits per heavy atom. The number of carbonyl (C=O) groups is 2. The number of hydrogen-bond acceptors (Lipinski definition) is 5. The van der Waals surface area contributed by atoms with Gasteiger partial charge < -0.3 is 16.8 Å². The van der Waals surface area contributed by atoms with Crippen LogP contribution in [0.1, 0.15) is 16.8 Å². The Morgan fingerprint density at radius 3 is 2.67 bits per heavy atom. The summed E-state index contributed by atoms with van der Waals surface area (Å²) in [4.78, 5) is 22.4. The molecular weight excluding hydrogens is 296 g/mol. The Bertz CT molecular complexity index is 686. The number of nitrogens with zero attached hydrogens (tertiary/aromatic N) is 1. The lowest BCUT2D eigenvalue weighted by molar-refractivity contribution is -0.120. The van der Waals surface area contributed by atoms with E-state index in [-0.39, 0.29) is 35.1 Å². The SMILES string of the molecule is NC(=O)c1ccc(S(=O)(=O)N2CCCNC(=O)C2)c(N)c1. The van der Waals surface area contributed by atoms with Crippen molar-refractivity contribution in [3.05, 3.63) is 23.8 Å². The fourth-order valence-corrected chi connectivity index (χ4v) is 3.59. The summed E-state index contributed by atoms with van der Waals surface area (Å²) in [6.45, 7) is 0.401. The van der Waals surface area contributed by atoms with Crippen molar-refractivity contribution in [1.82, 2.24) is 9.62 Å². The molecule has 1 fully saturated rings. The van der Waals surface area contributed by atoms with Gasteiger partial charge in [0.05, 0.1) is 12.2 Å². The zero-order valence-electron chi connectivity index (χ0n) is 11.2. The lowest BCUT2D eigenvalue weighted by atomic mass is 10.2. The van der Waals surface area contributed by atoms with E-state index in [0.717, 1.165) is 4.31 Å². The van der Waals surface area contributed by atoms with Crippen molar-refractivity contribution >= 4 is 27.5 Å². The summed E-state index contributed by atoms with van der Waals surface area (Å²) in [5, 5.41) is 2.60. The van der Waals surface area contributed by atoms with E-state index in [4.69, 9.17) is 11.5 Å². The van der Waals surface area contributed by atoms with E-state index >= 15 is 0 Å². The number of nitrogens with two attached hydrogens (primary N) is 2. The number of anilines is 1. The number of benzene rings is 1. The molecule has 5 N–H and O–H groups in total. The van der Waals surface area contributed by atoms with Gasteiger partial charge in [-0.25, -0.2) is 8.42 Å². The van der Waals surface area contributed by atoms with Crippen LogP contribution in [0, 0.1) is 0 Å². The number of amides is 2. The first-order chi connectivity index (χ1) is 9.82. The molecular formula is C12H16N4O4S. The Hall–Kier alpha value is -2.13. The Balaban J connectivity index is 2.39. The van der Waals surface area contributed by atoms with Gasteiger partial charge in [-0.2, -0.15) is 4.31 Å². The highest BCUT2D eigenvalue weighted by molar-refractivity contribution is 7.89. The molecule has 0 aromatic heterocycles. The first-order valence-electron chi connectivity index (χ1n) is 6.28. The largest absolute Gasteiger partial charge is 0.398 e. The third-order valence-corrected chi connectivity index (χ3v) is 5.06. The minimum atomic E-state index is -3.90. The summed E-state index contributed by atoms with van der Waals surface area (Å²) in [6, 6.07) is 3.74. The minimum Gasteiger partial charge on any atom is -0.398 e. The summed E-state index contributed by atoms with van der Waals surface area (Å²) < 4.78 is 26.1. The Kier molecular flexibility index (Phi) is 4.14. The molecule has 2 rings (SSSR count).